The molecule has 30 heavy (non-hydrogen) atoms. The lowest BCUT2D eigenvalue weighted by molar-refractivity contribution is -0.118. The number of ether oxygens (including phenoxy) is 2. The zero-order valence-electron chi connectivity index (χ0n) is 17.4. The van der Waals surface area contributed by atoms with E-state index in [2.05, 4.69) is 10.0 Å². The number of carbonyl (C=O) groups is 2. The molecule has 0 unspecified atom stereocenters. The van der Waals surface area contributed by atoms with Gasteiger partial charge in [0.05, 0.1) is 23.3 Å². The van der Waals surface area contributed by atoms with Gasteiger partial charge in [0.2, 0.25) is 10.0 Å². The summed E-state index contributed by atoms with van der Waals surface area (Å²) in [6.07, 6.45) is 0. The van der Waals surface area contributed by atoms with Gasteiger partial charge in [-0.2, -0.15) is 0 Å². The average Bonchev–Trinajstić information content (AvgIpc) is 2.71. The number of nitrogens with one attached hydrogen (secondary N) is 2. The van der Waals surface area contributed by atoms with Gasteiger partial charge in [0.1, 0.15) is 5.75 Å². The molecule has 0 heterocycles. The molecule has 0 radical (unpaired) electrons. The Morgan fingerprint density at radius 1 is 1.10 bits per heavy atom. The van der Waals surface area contributed by atoms with Crippen LogP contribution in [-0.2, 0) is 19.6 Å². The fourth-order valence-electron chi connectivity index (χ4n) is 2.52. The van der Waals surface area contributed by atoms with E-state index in [4.69, 9.17) is 9.47 Å². The first kappa shape index (κ1) is 23.4. The van der Waals surface area contributed by atoms with E-state index in [0.29, 0.717) is 23.5 Å². The largest absolute Gasteiger partial charge is 0.483 e. The van der Waals surface area contributed by atoms with Crippen molar-refractivity contribution < 1.29 is 27.5 Å². The lowest BCUT2D eigenvalue weighted by Crippen LogP contribution is -2.27. The fraction of sp³-hybridized carbons (Fsp3) is 0.333. The standard InChI is InChI=1S/C21H26N2O6S/c1-14(2)12-22-30(26,27)16-9-10-19(15(3)11-16)29-13-20(24)23-18-8-6-5-7-17(18)21(25)28-4/h5-11,14,22H,12-13H2,1-4H3,(H,23,24). The molecular formula is C21H26N2O6S. The summed E-state index contributed by atoms with van der Waals surface area (Å²) in [5, 5.41) is 2.61. The molecule has 0 spiro atoms. The third-order valence-corrected chi connectivity index (χ3v) is 5.52. The van der Waals surface area contributed by atoms with Crippen molar-refractivity contribution >= 4 is 27.6 Å². The van der Waals surface area contributed by atoms with E-state index < -0.39 is 21.9 Å². The van der Waals surface area contributed by atoms with Crippen molar-refractivity contribution in [1.82, 2.24) is 4.72 Å². The number of benzene rings is 2. The van der Waals surface area contributed by atoms with Crippen molar-refractivity contribution in [3.63, 3.8) is 0 Å². The Hall–Kier alpha value is -2.91. The fourth-order valence-corrected chi connectivity index (χ4v) is 3.82. The summed E-state index contributed by atoms with van der Waals surface area (Å²) < 4.78 is 37.4. The highest BCUT2D eigenvalue weighted by molar-refractivity contribution is 7.89. The van der Waals surface area contributed by atoms with Crippen molar-refractivity contribution in [2.45, 2.75) is 25.7 Å². The van der Waals surface area contributed by atoms with Crippen LogP contribution in [0.1, 0.15) is 29.8 Å². The Labute approximate surface area is 176 Å². The Balaban J connectivity index is 2.03. The van der Waals surface area contributed by atoms with Crippen molar-refractivity contribution in [3.05, 3.63) is 53.6 Å². The Bertz CT molecular complexity index is 1020. The second-order valence-corrected chi connectivity index (χ2v) is 8.81. The molecule has 0 atom stereocenters. The van der Waals surface area contributed by atoms with Crippen LogP contribution < -0.4 is 14.8 Å². The van der Waals surface area contributed by atoms with Crippen LogP contribution in [-0.4, -0.2) is 40.6 Å². The molecule has 0 aromatic heterocycles. The molecule has 2 aromatic rings. The van der Waals surface area contributed by atoms with Crippen LogP contribution in [0.2, 0.25) is 0 Å². The van der Waals surface area contributed by atoms with E-state index in [1.807, 2.05) is 13.8 Å². The minimum atomic E-state index is -3.61. The average molecular weight is 435 g/mol. The number of hydrogen-bond donors (Lipinski definition) is 2. The molecule has 1 amide bonds. The predicted molar refractivity (Wildman–Crippen MR) is 113 cm³/mol. The SMILES string of the molecule is COC(=O)c1ccccc1NC(=O)COc1ccc(S(=O)(=O)NCC(C)C)cc1C. The third kappa shape index (κ3) is 6.30. The number of para-hydroxylation sites is 1. The first-order valence-corrected chi connectivity index (χ1v) is 10.8. The van der Waals surface area contributed by atoms with E-state index in [-0.39, 0.29) is 23.0 Å². The Morgan fingerprint density at radius 3 is 2.43 bits per heavy atom. The van der Waals surface area contributed by atoms with Gasteiger partial charge in [-0.3, -0.25) is 4.79 Å². The second-order valence-electron chi connectivity index (χ2n) is 7.05. The molecule has 2 aromatic carbocycles. The molecule has 8 nitrogen and oxygen atoms in total. The zero-order chi connectivity index (χ0) is 22.3. The lowest BCUT2D eigenvalue weighted by Gasteiger charge is -2.13. The topological polar surface area (TPSA) is 111 Å². The molecule has 0 saturated heterocycles. The molecule has 0 saturated carbocycles. The summed E-state index contributed by atoms with van der Waals surface area (Å²) in [6.45, 7) is 5.56. The van der Waals surface area contributed by atoms with Crippen LogP contribution in [0.5, 0.6) is 5.75 Å². The van der Waals surface area contributed by atoms with Crippen LogP contribution in [0, 0.1) is 12.8 Å². The number of anilines is 1. The molecule has 0 aliphatic heterocycles. The Kier molecular flexibility index (Phi) is 7.96. The number of rotatable bonds is 9. The highest BCUT2D eigenvalue weighted by Crippen LogP contribution is 2.22. The van der Waals surface area contributed by atoms with Gasteiger partial charge >= 0.3 is 5.97 Å². The molecule has 0 aliphatic rings. The van der Waals surface area contributed by atoms with Gasteiger partial charge < -0.3 is 14.8 Å². The minimum Gasteiger partial charge on any atom is -0.483 e. The molecule has 162 valence electrons. The number of aryl methyl sites for hydroxylation is 1. The van der Waals surface area contributed by atoms with E-state index in [0.717, 1.165) is 0 Å². The number of carbonyl (C=O) groups excluding carboxylic acids is 2. The number of hydrogen-bond acceptors (Lipinski definition) is 6. The van der Waals surface area contributed by atoms with Gasteiger partial charge in [-0.1, -0.05) is 26.0 Å². The van der Waals surface area contributed by atoms with E-state index in [1.54, 1.807) is 31.2 Å². The number of amides is 1. The summed E-state index contributed by atoms with van der Waals surface area (Å²) in [7, 11) is -2.35. The van der Waals surface area contributed by atoms with Crippen molar-refractivity contribution in [1.29, 1.82) is 0 Å². The van der Waals surface area contributed by atoms with Gasteiger partial charge in [0, 0.05) is 6.54 Å². The smallest absolute Gasteiger partial charge is 0.339 e. The maximum atomic E-state index is 12.3. The van der Waals surface area contributed by atoms with Gasteiger partial charge in [0.25, 0.3) is 5.91 Å². The highest BCUT2D eigenvalue weighted by Gasteiger charge is 2.17. The van der Waals surface area contributed by atoms with Crippen molar-refractivity contribution in [3.8, 4) is 5.75 Å². The first-order valence-electron chi connectivity index (χ1n) is 9.34. The summed E-state index contributed by atoms with van der Waals surface area (Å²) in [5.74, 6) is -0.466. The summed E-state index contributed by atoms with van der Waals surface area (Å²) in [4.78, 5) is 24.1. The molecule has 0 fully saturated rings. The van der Waals surface area contributed by atoms with E-state index in [1.165, 1.54) is 25.3 Å². The molecule has 2 N–H and O–H groups in total. The molecule has 0 bridgehead atoms. The summed E-state index contributed by atoms with van der Waals surface area (Å²) in [6, 6.07) is 10.9. The van der Waals surface area contributed by atoms with Crippen molar-refractivity contribution in [2.24, 2.45) is 5.92 Å². The third-order valence-electron chi connectivity index (χ3n) is 4.10. The number of methoxy groups -OCH3 is 1. The monoisotopic (exact) mass is 434 g/mol. The zero-order valence-corrected chi connectivity index (χ0v) is 18.2. The quantitative estimate of drug-likeness (QED) is 0.587. The molecule has 9 heteroatoms. The van der Waals surface area contributed by atoms with E-state index >= 15 is 0 Å². The normalized spacial score (nSPS) is 11.2. The molecule has 2 rings (SSSR count). The predicted octanol–water partition coefficient (Wildman–Crippen LogP) is 2.73. The second kappa shape index (κ2) is 10.2. The Morgan fingerprint density at radius 2 is 1.80 bits per heavy atom. The highest BCUT2D eigenvalue weighted by atomic mass is 32.2. The van der Waals surface area contributed by atoms with Gasteiger partial charge in [-0.25, -0.2) is 17.9 Å². The van der Waals surface area contributed by atoms with Crippen LogP contribution in [0.25, 0.3) is 0 Å². The number of esters is 1. The lowest BCUT2D eigenvalue weighted by atomic mass is 10.2. The van der Waals surface area contributed by atoms with Crippen molar-refractivity contribution in [2.75, 3.05) is 25.6 Å². The van der Waals surface area contributed by atoms with Gasteiger partial charge in [-0.15, -0.1) is 0 Å². The maximum Gasteiger partial charge on any atom is 0.339 e. The van der Waals surface area contributed by atoms with Crippen LogP contribution in [0.3, 0.4) is 0 Å². The van der Waals surface area contributed by atoms with Gasteiger partial charge in [0.15, 0.2) is 6.61 Å². The summed E-state index contributed by atoms with van der Waals surface area (Å²) in [5.41, 5.74) is 1.12. The molecular weight excluding hydrogens is 408 g/mol. The van der Waals surface area contributed by atoms with Crippen LogP contribution >= 0.6 is 0 Å². The van der Waals surface area contributed by atoms with E-state index in [9.17, 15) is 18.0 Å². The van der Waals surface area contributed by atoms with Crippen LogP contribution in [0.15, 0.2) is 47.4 Å². The number of sulfonamides is 1. The summed E-state index contributed by atoms with van der Waals surface area (Å²) >= 11 is 0. The maximum absolute atomic E-state index is 12.3. The minimum absolute atomic E-state index is 0.129. The molecule has 0 aliphatic carbocycles. The first-order chi connectivity index (χ1) is 14.1. The van der Waals surface area contributed by atoms with Crippen LogP contribution in [0.4, 0.5) is 5.69 Å². The van der Waals surface area contributed by atoms with Gasteiger partial charge in [-0.05, 0) is 48.7 Å².